The molecule has 2 aromatic rings. The molecule has 0 aliphatic heterocycles. The van der Waals surface area contributed by atoms with Crippen LogP contribution in [0.15, 0.2) is 30.5 Å². The van der Waals surface area contributed by atoms with Crippen LogP contribution in [-0.2, 0) is 11.3 Å². The average molecular weight is 217 g/mol. The Bertz CT molecular complexity index is 514. The molecule has 3 heteroatoms. The van der Waals surface area contributed by atoms with Crippen molar-refractivity contribution < 1.29 is 9.53 Å². The Labute approximate surface area is 94.6 Å². The van der Waals surface area contributed by atoms with Crippen LogP contribution in [0.5, 0.6) is 5.75 Å². The number of benzene rings is 1. The van der Waals surface area contributed by atoms with E-state index in [1.807, 2.05) is 30.5 Å². The van der Waals surface area contributed by atoms with Crippen LogP contribution in [0, 0.1) is 0 Å². The van der Waals surface area contributed by atoms with Crippen LogP contribution in [0.4, 0.5) is 0 Å². The van der Waals surface area contributed by atoms with E-state index in [-0.39, 0.29) is 5.97 Å². The van der Waals surface area contributed by atoms with Gasteiger partial charge in [0.15, 0.2) is 5.75 Å². The lowest BCUT2D eigenvalue weighted by Crippen LogP contribution is -2.00. The second-order valence-electron chi connectivity index (χ2n) is 3.80. The molecule has 0 unspecified atom stereocenters. The number of hydrogen-bond acceptors (Lipinski definition) is 2. The molecular formula is C13H15NO2. The molecule has 0 aliphatic rings. The summed E-state index contributed by atoms with van der Waals surface area (Å²) in [4.78, 5) is 11.0. The fraction of sp³-hybridized carbons (Fsp3) is 0.308. The van der Waals surface area contributed by atoms with Crippen molar-refractivity contribution in [2.75, 3.05) is 0 Å². The zero-order valence-electron chi connectivity index (χ0n) is 9.56. The monoisotopic (exact) mass is 217 g/mol. The summed E-state index contributed by atoms with van der Waals surface area (Å²) in [5, 5.41) is 0.992. The maximum Gasteiger partial charge on any atom is 0.308 e. The van der Waals surface area contributed by atoms with Crippen molar-refractivity contribution in [3.05, 3.63) is 30.5 Å². The molecule has 0 saturated heterocycles. The van der Waals surface area contributed by atoms with Crippen molar-refractivity contribution in [1.82, 2.24) is 4.57 Å². The van der Waals surface area contributed by atoms with Gasteiger partial charge in [-0.25, -0.2) is 0 Å². The third-order valence-electron chi connectivity index (χ3n) is 2.47. The molecule has 1 aromatic heterocycles. The van der Waals surface area contributed by atoms with Gasteiger partial charge in [0.25, 0.3) is 0 Å². The van der Waals surface area contributed by atoms with Crippen molar-refractivity contribution in [3.63, 3.8) is 0 Å². The molecule has 0 N–H and O–H groups in total. The highest BCUT2D eigenvalue weighted by atomic mass is 16.5. The number of carbonyl (C=O) groups excluding carboxylic acids is 1. The van der Waals surface area contributed by atoms with Gasteiger partial charge in [0.2, 0.25) is 0 Å². The lowest BCUT2D eigenvalue weighted by molar-refractivity contribution is -0.131. The number of rotatable bonds is 3. The zero-order chi connectivity index (χ0) is 11.5. The fourth-order valence-corrected chi connectivity index (χ4v) is 1.88. The Hall–Kier alpha value is -1.77. The summed E-state index contributed by atoms with van der Waals surface area (Å²) in [5.41, 5.74) is 1.11. The predicted octanol–water partition coefficient (Wildman–Crippen LogP) is 2.98. The minimum absolute atomic E-state index is 0.278. The van der Waals surface area contributed by atoms with E-state index in [9.17, 15) is 4.79 Å². The summed E-state index contributed by atoms with van der Waals surface area (Å²) in [6.07, 6.45) is 2.95. The number of hydrogen-bond donors (Lipinski definition) is 0. The van der Waals surface area contributed by atoms with E-state index in [1.54, 1.807) is 0 Å². The van der Waals surface area contributed by atoms with E-state index in [0.29, 0.717) is 5.75 Å². The van der Waals surface area contributed by atoms with Gasteiger partial charge in [0.05, 0.1) is 5.52 Å². The third-order valence-corrected chi connectivity index (χ3v) is 2.47. The Kier molecular flexibility index (Phi) is 2.95. The minimum atomic E-state index is -0.278. The van der Waals surface area contributed by atoms with E-state index in [0.717, 1.165) is 23.9 Å². The van der Waals surface area contributed by atoms with Crippen LogP contribution in [0.3, 0.4) is 0 Å². The number of carbonyl (C=O) groups is 1. The number of aryl methyl sites for hydroxylation is 1. The third kappa shape index (κ3) is 1.94. The number of nitrogens with zero attached hydrogens (tertiary/aromatic N) is 1. The molecule has 1 heterocycles. The summed E-state index contributed by atoms with van der Waals surface area (Å²) in [7, 11) is 0. The van der Waals surface area contributed by atoms with Crippen LogP contribution < -0.4 is 4.74 Å². The molecule has 0 spiro atoms. The van der Waals surface area contributed by atoms with Crippen molar-refractivity contribution >= 4 is 16.9 Å². The average Bonchev–Trinajstić information content (AvgIpc) is 2.58. The zero-order valence-corrected chi connectivity index (χ0v) is 9.56. The van der Waals surface area contributed by atoms with Crippen molar-refractivity contribution in [3.8, 4) is 5.75 Å². The number of para-hydroxylation sites is 1. The second-order valence-corrected chi connectivity index (χ2v) is 3.80. The van der Waals surface area contributed by atoms with Gasteiger partial charge in [-0.3, -0.25) is 4.79 Å². The highest BCUT2D eigenvalue weighted by molar-refractivity contribution is 5.89. The van der Waals surface area contributed by atoms with E-state index < -0.39 is 0 Å². The summed E-state index contributed by atoms with van der Waals surface area (Å²) in [6.45, 7) is 4.48. The molecule has 2 rings (SSSR count). The van der Waals surface area contributed by atoms with Gasteiger partial charge >= 0.3 is 5.97 Å². The van der Waals surface area contributed by atoms with E-state index in [1.165, 1.54) is 6.92 Å². The van der Waals surface area contributed by atoms with Crippen molar-refractivity contribution in [2.45, 2.75) is 26.8 Å². The molecule has 84 valence electrons. The van der Waals surface area contributed by atoms with Gasteiger partial charge in [-0.1, -0.05) is 19.1 Å². The smallest absolute Gasteiger partial charge is 0.308 e. The van der Waals surface area contributed by atoms with Crippen LogP contribution in [0.1, 0.15) is 20.3 Å². The van der Waals surface area contributed by atoms with Gasteiger partial charge in [-0.15, -0.1) is 0 Å². The fourth-order valence-electron chi connectivity index (χ4n) is 1.88. The first-order chi connectivity index (χ1) is 7.72. The Morgan fingerprint density at radius 3 is 2.81 bits per heavy atom. The highest BCUT2D eigenvalue weighted by Crippen LogP contribution is 2.28. The second kappa shape index (κ2) is 4.39. The van der Waals surface area contributed by atoms with Gasteiger partial charge in [-0.05, 0) is 18.6 Å². The lowest BCUT2D eigenvalue weighted by Gasteiger charge is -2.00. The number of fused-ring (bicyclic) bond motifs is 1. The molecule has 0 aliphatic carbocycles. The quantitative estimate of drug-likeness (QED) is 0.740. The van der Waals surface area contributed by atoms with Gasteiger partial charge in [-0.2, -0.15) is 0 Å². The topological polar surface area (TPSA) is 31.2 Å². The van der Waals surface area contributed by atoms with Crippen molar-refractivity contribution in [1.29, 1.82) is 0 Å². The SMILES string of the molecule is CCCn1cc(OC(C)=O)c2ccccc21. The standard InChI is InChI=1S/C13H15NO2/c1-3-8-14-9-13(16-10(2)15)11-6-4-5-7-12(11)14/h4-7,9H,3,8H2,1-2H3. The molecule has 0 atom stereocenters. The number of ether oxygens (including phenoxy) is 1. The van der Waals surface area contributed by atoms with Crippen molar-refractivity contribution in [2.24, 2.45) is 0 Å². The van der Waals surface area contributed by atoms with E-state index >= 15 is 0 Å². The first-order valence-corrected chi connectivity index (χ1v) is 5.48. The molecule has 3 nitrogen and oxygen atoms in total. The number of esters is 1. The van der Waals surface area contributed by atoms with Crippen LogP contribution in [-0.4, -0.2) is 10.5 Å². The number of aromatic nitrogens is 1. The minimum Gasteiger partial charge on any atom is -0.424 e. The summed E-state index contributed by atoms with van der Waals surface area (Å²) in [5.74, 6) is 0.371. The largest absolute Gasteiger partial charge is 0.424 e. The summed E-state index contributed by atoms with van der Waals surface area (Å²) >= 11 is 0. The summed E-state index contributed by atoms with van der Waals surface area (Å²) < 4.78 is 7.31. The first kappa shape index (κ1) is 10.7. The maximum atomic E-state index is 11.0. The summed E-state index contributed by atoms with van der Waals surface area (Å²) in [6, 6.07) is 7.95. The highest BCUT2D eigenvalue weighted by Gasteiger charge is 2.09. The predicted molar refractivity (Wildman–Crippen MR) is 63.5 cm³/mol. The Balaban J connectivity index is 2.52. The van der Waals surface area contributed by atoms with Gasteiger partial charge in [0, 0.05) is 25.1 Å². The Morgan fingerprint density at radius 1 is 1.38 bits per heavy atom. The Morgan fingerprint density at radius 2 is 2.12 bits per heavy atom. The van der Waals surface area contributed by atoms with Crippen LogP contribution in [0.25, 0.3) is 10.9 Å². The van der Waals surface area contributed by atoms with E-state index in [4.69, 9.17) is 4.74 Å². The first-order valence-electron chi connectivity index (χ1n) is 5.48. The van der Waals surface area contributed by atoms with Gasteiger partial charge in [0.1, 0.15) is 0 Å². The molecule has 16 heavy (non-hydrogen) atoms. The van der Waals surface area contributed by atoms with Gasteiger partial charge < -0.3 is 9.30 Å². The molecule has 0 amide bonds. The molecule has 0 fully saturated rings. The molecular weight excluding hydrogens is 202 g/mol. The normalized spacial score (nSPS) is 10.6. The maximum absolute atomic E-state index is 11.0. The van der Waals surface area contributed by atoms with Crippen LogP contribution in [0.2, 0.25) is 0 Å². The molecule has 0 saturated carbocycles. The molecule has 0 bridgehead atoms. The van der Waals surface area contributed by atoms with Crippen LogP contribution >= 0.6 is 0 Å². The molecule has 1 aromatic carbocycles. The lowest BCUT2D eigenvalue weighted by atomic mass is 10.2. The van der Waals surface area contributed by atoms with E-state index in [2.05, 4.69) is 11.5 Å². The molecule has 0 radical (unpaired) electrons.